The Bertz CT molecular complexity index is 4200. The molecule has 0 aliphatic carbocycles. The Morgan fingerprint density at radius 1 is 0.277 bits per heavy atom. The average molecular weight is 830 g/mol. The Morgan fingerprint density at radius 2 is 0.831 bits per heavy atom. The SMILES string of the molecule is [2H]c1c([2H])c([2H])c(-c2c3ccccc3c(-c3ccc4c(c3)cc(-c3ccc(-c5ccc6oc7c(-c8ccccc8)cccc7c6c5)c(-c5ccccc5)c3)c3ccccc34)c3ccccc23)c([2H])c1[2H]. The molecule has 0 bridgehead atoms. The fraction of sp³-hybridized carbons (Fsp3) is 0. The van der Waals surface area contributed by atoms with Gasteiger partial charge in [0.05, 0.1) is 6.85 Å². The highest BCUT2D eigenvalue weighted by molar-refractivity contribution is 6.23. The van der Waals surface area contributed by atoms with Crippen molar-refractivity contribution >= 4 is 65.0 Å². The van der Waals surface area contributed by atoms with Crippen molar-refractivity contribution in [3.63, 3.8) is 0 Å². The molecule has 0 atom stereocenters. The molecule has 12 aromatic carbocycles. The van der Waals surface area contributed by atoms with Gasteiger partial charge in [-0.05, 0) is 135 Å². The molecule has 65 heavy (non-hydrogen) atoms. The van der Waals surface area contributed by atoms with Crippen LogP contribution in [0, 0.1) is 0 Å². The normalized spacial score (nSPS) is 12.8. The first kappa shape index (κ1) is 32.2. The molecule has 0 amide bonds. The van der Waals surface area contributed by atoms with E-state index in [9.17, 15) is 0 Å². The molecule has 1 aromatic heterocycles. The summed E-state index contributed by atoms with van der Waals surface area (Å²) < 4.78 is 50.0. The van der Waals surface area contributed by atoms with E-state index >= 15 is 0 Å². The molecule has 1 nitrogen and oxygen atoms in total. The molecule has 0 saturated carbocycles. The van der Waals surface area contributed by atoms with Crippen LogP contribution in [0.15, 0.2) is 247 Å². The summed E-state index contributed by atoms with van der Waals surface area (Å²) in [4.78, 5) is 0. The molecule has 0 fully saturated rings. The fourth-order valence-electron chi connectivity index (χ4n) is 10.2. The first-order valence-electron chi connectivity index (χ1n) is 24.5. The third-order valence-corrected chi connectivity index (χ3v) is 13.1. The molecule has 0 unspecified atom stereocenters. The van der Waals surface area contributed by atoms with Gasteiger partial charge in [0.2, 0.25) is 0 Å². The fourth-order valence-corrected chi connectivity index (χ4v) is 10.2. The van der Waals surface area contributed by atoms with Crippen molar-refractivity contribution in [2.24, 2.45) is 0 Å². The summed E-state index contributed by atoms with van der Waals surface area (Å²) in [5, 5.41) is 10.2. The lowest BCUT2D eigenvalue weighted by Crippen LogP contribution is -1.92. The maximum atomic E-state index is 9.01. The molecule has 1 heterocycles. The summed E-state index contributed by atoms with van der Waals surface area (Å²) in [5.74, 6) is 0. The van der Waals surface area contributed by atoms with Crippen LogP contribution in [-0.4, -0.2) is 0 Å². The summed E-state index contributed by atoms with van der Waals surface area (Å²) in [7, 11) is 0. The summed E-state index contributed by atoms with van der Waals surface area (Å²) >= 11 is 0. The van der Waals surface area contributed by atoms with E-state index in [0.29, 0.717) is 5.56 Å². The Morgan fingerprint density at radius 3 is 1.52 bits per heavy atom. The van der Waals surface area contributed by atoms with Crippen LogP contribution in [-0.2, 0) is 0 Å². The van der Waals surface area contributed by atoms with E-state index < -0.39 is 6.04 Å². The molecule has 0 aliphatic heterocycles. The molecule has 0 spiro atoms. The van der Waals surface area contributed by atoms with Crippen LogP contribution in [0.25, 0.3) is 132 Å². The molecule has 0 radical (unpaired) electrons. The predicted molar refractivity (Wildman–Crippen MR) is 276 cm³/mol. The Labute approximate surface area is 384 Å². The molecular formula is C64H40O. The number of hydrogen-bond donors (Lipinski definition) is 0. The van der Waals surface area contributed by atoms with E-state index in [0.717, 1.165) is 121 Å². The van der Waals surface area contributed by atoms with E-state index in [-0.39, 0.29) is 29.7 Å². The molecule has 0 saturated heterocycles. The van der Waals surface area contributed by atoms with E-state index in [1.807, 2.05) is 42.5 Å². The minimum atomic E-state index is -0.404. The molecule has 13 aromatic rings. The van der Waals surface area contributed by atoms with Gasteiger partial charge in [-0.1, -0.05) is 212 Å². The van der Waals surface area contributed by atoms with Gasteiger partial charge in [-0.25, -0.2) is 0 Å². The van der Waals surface area contributed by atoms with Crippen LogP contribution >= 0.6 is 0 Å². The van der Waals surface area contributed by atoms with Crippen molar-refractivity contribution < 1.29 is 11.3 Å². The van der Waals surface area contributed by atoms with Crippen LogP contribution in [0.2, 0.25) is 0 Å². The van der Waals surface area contributed by atoms with Gasteiger partial charge in [-0.2, -0.15) is 0 Å². The van der Waals surface area contributed by atoms with E-state index in [4.69, 9.17) is 11.3 Å². The lowest BCUT2D eigenvalue weighted by Gasteiger charge is -2.19. The second-order valence-electron chi connectivity index (χ2n) is 16.7. The van der Waals surface area contributed by atoms with Crippen LogP contribution in [0.5, 0.6) is 0 Å². The molecule has 1 heteroatoms. The minimum Gasteiger partial charge on any atom is -0.455 e. The van der Waals surface area contributed by atoms with Crippen LogP contribution in [0.3, 0.4) is 0 Å². The third-order valence-electron chi connectivity index (χ3n) is 13.1. The van der Waals surface area contributed by atoms with E-state index in [2.05, 4.69) is 170 Å². The van der Waals surface area contributed by atoms with Gasteiger partial charge in [0.25, 0.3) is 0 Å². The monoisotopic (exact) mass is 829 g/mol. The average Bonchev–Trinajstić information content (AvgIpc) is 3.80. The summed E-state index contributed by atoms with van der Waals surface area (Å²) in [6, 6.07) is 73.0. The van der Waals surface area contributed by atoms with Gasteiger partial charge in [0, 0.05) is 16.3 Å². The summed E-state index contributed by atoms with van der Waals surface area (Å²) in [6.45, 7) is 0. The second-order valence-corrected chi connectivity index (χ2v) is 16.7. The smallest absolute Gasteiger partial charge is 0.143 e. The first-order chi connectivity index (χ1) is 34.3. The maximum absolute atomic E-state index is 9.01. The topological polar surface area (TPSA) is 13.1 Å². The third kappa shape index (κ3) is 6.09. The Hall–Kier alpha value is -8.52. The highest BCUT2D eigenvalue weighted by Crippen LogP contribution is 2.46. The standard InChI is InChI=1S/C64H40O/c1-4-17-41(18-5-1)50-29-16-30-57-60-39-44(33-36-61(60)65-64(50)57)48-34-31-45(38-58(48)42-19-6-2-7-20-42)59-40-47-37-46(32-35-49(47)51-23-10-11-24-52(51)59)63-55-27-14-12-25-53(55)62(43-21-8-3-9-22-43)54-26-13-15-28-56(54)63/h1-40H/i3D,8D,9D,21D,22D. The number of benzene rings is 12. The van der Waals surface area contributed by atoms with Gasteiger partial charge < -0.3 is 4.42 Å². The highest BCUT2D eigenvalue weighted by Gasteiger charge is 2.19. The summed E-state index contributed by atoms with van der Waals surface area (Å²) in [5.41, 5.74) is 13.5. The predicted octanol–water partition coefficient (Wildman–Crippen LogP) is 18.2. The van der Waals surface area contributed by atoms with Crippen molar-refractivity contribution in [2.45, 2.75) is 0 Å². The molecule has 0 N–H and O–H groups in total. The van der Waals surface area contributed by atoms with Gasteiger partial charge in [-0.15, -0.1) is 0 Å². The second kappa shape index (κ2) is 15.1. The van der Waals surface area contributed by atoms with E-state index in [1.54, 1.807) is 0 Å². The van der Waals surface area contributed by atoms with Crippen molar-refractivity contribution in [1.29, 1.82) is 0 Å². The molecule has 302 valence electrons. The van der Waals surface area contributed by atoms with Crippen LogP contribution in [0.1, 0.15) is 6.85 Å². The maximum Gasteiger partial charge on any atom is 0.143 e. The highest BCUT2D eigenvalue weighted by atomic mass is 16.3. The number of hydrogen-bond acceptors (Lipinski definition) is 1. The van der Waals surface area contributed by atoms with Crippen molar-refractivity contribution in [1.82, 2.24) is 0 Å². The van der Waals surface area contributed by atoms with Crippen LogP contribution < -0.4 is 0 Å². The van der Waals surface area contributed by atoms with Gasteiger partial charge >= 0.3 is 0 Å². The van der Waals surface area contributed by atoms with Gasteiger partial charge in [-0.3, -0.25) is 0 Å². The number of para-hydroxylation sites is 1. The van der Waals surface area contributed by atoms with Gasteiger partial charge in [0.1, 0.15) is 11.2 Å². The largest absolute Gasteiger partial charge is 0.455 e. The lowest BCUT2D eigenvalue weighted by atomic mass is 9.85. The van der Waals surface area contributed by atoms with Gasteiger partial charge in [0.15, 0.2) is 0 Å². The number of fused-ring (bicyclic) bond motifs is 8. The zero-order valence-corrected chi connectivity index (χ0v) is 35.1. The van der Waals surface area contributed by atoms with Crippen molar-refractivity contribution in [2.75, 3.05) is 0 Å². The number of furan rings is 1. The van der Waals surface area contributed by atoms with Crippen molar-refractivity contribution in [3.05, 3.63) is 243 Å². The zero-order valence-electron chi connectivity index (χ0n) is 40.1. The zero-order chi connectivity index (χ0) is 47.2. The van der Waals surface area contributed by atoms with Crippen LogP contribution in [0.4, 0.5) is 0 Å². The quantitative estimate of drug-likeness (QED) is 0.120. The Kier molecular flexibility index (Phi) is 7.47. The number of rotatable bonds is 6. The molecule has 13 rings (SSSR count). The Balaban J connectivity index is 0.999. The lowest BCUT2D eigenvalue weighted by molar-refractivity contribution is 0.670. The minimum absolute atomic E-state index is 0.202. The first-order valence-corrected chi connectivity index (χ1v) is 22.0. The summed E-state index contributed by atoms with van der Waals surface area (Å²) in [6.07, 6.45) is 0. The van der Waals surface area contributed by atoms with E-state index in [1.165, 1.54) is 0 Å². The molecular weight excluding hydrogens is 785 g/mol. The molecule has 0 aliphatic rings. The van der Waals surface area contributed by atoms with Crippen molar-refractivity contribution in [3.8, 4) is 66.8 Å².